The number of hydrogen-bond donors (Lipinski definition) is 1. The van der Waals surface area contributed by atoms with Crippen LogP contribution in [0.3, 0.4) is 0 Å². The number of carbonyl (C=O) groups excluding carboxylic acids is 2. The van der Waals surface area contributed by atoms with Crippen molar-refractivity contribution in [2.45, 2.75) is 46.3 Å². The number of nitrogens with zero attached hydrogens (tertiary/aromatic N) is 3. The van der Waals surface area contributed by atoms with Crippen molar-refractivity contribution in [3.63, 3.8) is 0 Å². The van der Waals surface area contributed by atoms with Crippen molar-refractivity contribution in [3.8, 4) is 5.75 Å². The van der Waals surface area contributed by atoms with E-state index < -0.39 is 6.04 Å². The van der Waals surface area contributed by atoms with Gasteiger partial charge in [-0.25, -0.2) is 0 Å². The van der Waals surface area contributed by atoms with Crippen LogP contribution in [0.2, 0.25) is 0 Å². The second-order valence-electron chi connectivity index (χ2n) is 8.52. The van der Waals surface area contributed by atoms with E-state index in [9.17, 15) is 9.59 Å². The maximum atomic E-state index is 13.0. The van der Waals surface area contributed by atoms with Crippen LogP contribution in [0.5, 0.6) is 5.75 Å². The number of nitrogens with two attached hydrogens (primary N) is 1. The monoisotopic (exact) mass is 488 g/mol. The Morgan fingerprint density at radius 2 is 1.74 bits per heavy atom. The van der Waals surface area contributed by atoms with E-state index in [1.54, 1.807) is 13.8 Å². The third-order valence-electron chi connectivity index (χ3n) is 5.93. The topological polar surface area (TPSA) is 79.1 Å². The van der Waals surface area contributed by atoms with Gasteiger partial charge in [0.1, 0.15) is 5.75 Å². The summed E-state index contributed by atoms with van der Waals surface area (Å²) in [7, 11) is 0. The normalized spacial score (nSPS) is 16.0. The summed E-state index contributed by atoms with van der Waals surface area (Å²) in [6, 6.07) is 15.3. The van der Waals surface area contributed by atoms with Crippen LogP contribution in [0.4, 0.5) is 5.69 Å². The van der Waals surface area contributed by atoms with Crippen LogP contribution in [0.25, 0.3) is 0 Å². The lowest BCUT2D eigenvalue weighted by Gasteiger charge is -2.29. The van der Waals surface area contributed by atoms with Gasteiger partial charge in [0.25, 0.3) is 0 Å². The molecule has 0 bridgehead atoms. The van der Waals surface area contributed by atoms with E-state index >= 15 is 0 Å². The Hall–Kier alpha value is -2.61. The molecule has 34 heavy (non-hydrogen) atoms. The molecule has 0 aromatic heterocycles. The molecule has 7 nitrogen and oxygen atoms in total. The molecule has 1 aliphatic heterocycles. The first-order valence-corrected chi connectivity index (χ1v) is 11.7. The Labute approximate surface area is 209 Å². The SMILES string of the molecule is CCOc1ccccc1CN1CCCN(C(C)=O)c2ccccc2CN(C(=O)[C@@H](C)N)CC1.Cl. The van der Waals surface area contributed by atoms with Gasteiger partial charge in [0.05, 0.1) is 12.6 Å². The zero-order valence-electron chi connectivity index (χ0n) is 20.4. The molecule has 0 saturated carbocycles. The highest BCUT2D eigenvalue weighted by Gasteiger charge is 2.24. The van der Waals surface area contributed by atoms with Gasteiger partial charge in [0.15, 0.2) is 0 Å². The van der Waals surface area contributed by atoms with E-state index in [-0.39, 0.29) is 24.2 Å². The van der Waals surface area contributed by atoms with E-state index in [1.165, 1.54) is 0 Å². The predicted octanol–water partition coefficient (Wildman–Crippen LogP) is 3.44. The third-order valence-corrected chi connectivity index (χ3v) is 5.93. The van der Waals surface area contributed by atoms with E-state index in [1.807, 2.05) is 59.2 Å². The molecule has 3 rings (SSSR count). The Bertz CT molecular complexity index is 953. The maximum absolute atomic E-state index is 13.0. The minimum atomic E-state index is -0.585. The maximum Gasteiger partial charge on any atom is 0.239 e. The smallest absolute Gasteiger partial charge is 0.239 e. The van der Waals surface area contributed by atoms with Gasteiger partial charge in [-0.3, -0.25) is 14.5 Å². The second kappa shape index (κ2) is 13.3. The van der Waals surface area contributed by atoms with E-state index in [4.69, 9.17) is 10.5 Å². The Morgan fingerprint density at radius 3 is 2.44 bits per heavy atom. The number of fused-ring (bicyclic) bond motifs is 1. The molecule has 0 saturated heterocycles. The largest absolute Gasteiger partial charge is 0.494 e. The van der Waals surface area contributed by atoms with Crippen molar-refractivity contribution < 1.29 is 14.3 Å². The second-order valence-corrected chi connectivity index (χ2v) is 8.52. The summed E-state index contributed by atoms with van der Waals surface area (Å²) in [4.78, 5) is 31.4. The zero-order chi connectivity index (χ0) is 23.8. The van der Waals surface area contributed by atoms with Crippen molar-refractivity contribution in [3.05, 3.63) is 59.7 Å². The van der Waals surface area contributed by atoms with E-state index in [0.29, 0.717) is 39.3 Å². The summed E-state index contributed by atoms with van der Waals surface area (Å²) in [5.74, 6) is 0.795. The molecule has 0 aliphatic carbocycles. The molecule has 2 aromatic carbocycles. The van der Waals surface area contributed by atoms with Crippen LogP contribution in [0.15, 0.2) is 48.5 Å². The Balaban J connectivity index is 0.00000408. The third kappa shape index (κ3) is 7.19. The van der Waals surface area contributed by atoms with E-state index in [0.717, 1.165) is 35.5 Å². The lowest BCUT2D eigenvalue weighted by Crippen LogP contribution is -2.45. The summed E-state index contributed by atoms with van der Waals surface area (Å²) in [5.41, 5.74) is 8.91. The Kier molecular flexibility index (Phi) is 10.8. The number of carbonyl (C=O) groups is 2. The van der Waals surface area contributed by atoms with E-state index in [2.05, 4.69) is 11.0 Å². The summed E-state index contributed by atoms with van der Waals surface area (Å²) in [5, 5.41) is 0. The molecule has 0 spiro atoms. The number of hydrogen-bond acceptors (Lipinski definition) is 5. The first-order chi connectivity index (χ1) is 15.9. The molecule has 0 fully saturated rings. The minimum Gasteiger partial charge on any atom is -0.494 e. The van der Waals surface area contributed by atoms with Crippen molar-refractivity contribution in [1.29, 1.82) is 0 Å². The predicted molar refractivity (Wildman–Crippen MR) is 138 cm³/mol. The number of ether oxygens (including phenoxy) is 1. The fraction of sp³-hybridized carbons (Fsp3) is 0.462. The molecular formula is C26H37ClN4O3. The van der Waals surface area contributed by atoms with Crippen molar-refractivity contribution in [2.75, 3.05) is 37.7 Å². The molecule has 2 amide bonds. The molecule has 2 aromatic rings. The van der Waals surface area contributed by atoms with Gasteiger partial charge in [-0.05, 0) is 38.0 Å². The van der Waals surface area contributed by atoms with Gasteiger partial charge in [-0.2, -0.15) is 0 Å². The van der Waals surface area contributed by atoms with Crippen LogP contribution in [0, 0.1) is 0 Å². The van der Waals surface area contributed by atoms with Gasteiger partial charge in [-0.15, -0.1) is 12.4 Å². The van der Waals surface area contributed by atoms with Gasteiger partial charge in [0, 0.05) is 57.4 Å². The summed E-state index contributed by atoms with van der Waals surface area (Å²) < 4.78 is 5.82. The summed E-state index contributed by atoms with van der Waals surface area (Å²) in [6.45, 7) is 9.73. The molecule has 186 valence electrons. The number of benzene rings is 2. The fourth-order valence-electron chi connectivity index (χ4n) is 4.27. The molecule has 8 heteroatoms. The number of anilines is 1. The number of halogens is 1. The summed E-state index contributed by atoms with van der Waals surface area (Å²) >= 11 is 0. The van der Waals surface area contributed by atoms with Gasteiger partial charge >= 0.3 is 0 Å². The minimum absolute atomic E-state index is 0. The number of para-hydroxylation sites is 2. The van der Waals surface area contributed by atoms with Gasteiger partial charge < -0.3 is 20.3 Å². The van der Waals surface area contributed by atoms with Crippen LogP contribution in [-0.2, 0) is 22.7 Å². The molecular weight excluding hydrogens is 452 g/mol. The van der Waals surface area contributed by atoms with Crippen LogP contribution >= 0.6 is 12.4 Å². The zero-order valence-corrected chi connectivity index (χ0v) is 21.2. The van der Waals surface area contributed by atoms with Crippen LogP contribution < -0.4 is 15.4 Å². The average molecular weight is 489 g/mol. The van der Waals surface area contributed by atoms with Crippen molar-refractivity contribution in [2.24, 2.45) is 5.73 Å². The standard InChI is InChI=1S/C26H36N4O3.ClH/c1-4-33-25-13-8-6-11-23(25)18-28-14-9-15-30(21(3)31)24-12-7-5-10-22(24)19-29(17-16-28)26(32)20(2)27;/h5-8,10-13,20H,4,9,14-19,27H2,1-3H3;1H/t20-;/m1./s1. The van der Waals surface area contributed by atoms with Gasteiger partial charge in [-0.1, -0.05) is 36.4 Å². The first kappa shape index (κ1) is 27.6. The molecule has 1 heterocycles. The number of rotatable bonds is 5. The molecule has 1 aliphatic rings. The highest BCUT2D eigenvalue weighted by Crippen LogP contribution is 2.25. The average Bonchev–Trinajstić information content (AvgIpc) is 2.83. The van der Waals surface area contributed by atoms with Crippen LogP contribution in [-0.4, -0.2) is 60.4 Å². The highest BCUT2D eigenvalue weighted by molar-refractivity contribution is 5.92. The van der Waals surface area contributed by atoms with Gasteiger partial charge in [0.2, 0.25) is 11.8 Å². The molecule has 1 atom stereocenters. The van der Waals surface area contributed by atoms with Crippen LogP contribution in [0.1, 0.15) is 38.3 Å². The molecule has 0 radical (unpaired) electrons. The molecule has 2 N–H and O–H groups in total. The summed E-state index contributed by atoms with van der Waals surface area (Å²) in [6.07, 6.45) is 0.825. The van der Waals surface area contributed by atoms with Crippen molar-refractivity contribution in [1.82, 2.24) is 9.80 Å². The fourth-order valence-corrected chi connectivity index (χ4v) is 4.27. The number of amides is 2. The first-order valence-electron chi connectivity index (χ1n) is 11.7. The lowest BCUT2D eigenvalue weighted by molar-refractivity contribution is -0.133. The lowest BCUT2D eigenvalue weighted by atomic mass is 10.1. The Morgan fingerprint density at radius 1 is 1.03 bits per heavy atom. The van der Waals surface area contributed by atoms with Crippen molar-refractivity contribution >= 4 is 29.9 Å². The molecule has 0 unspecified atom stereocenters. The quantitative estimate of drug-likeness (QED) is 0.697. The highest BCUT2D eigenvalue weighted by atomic mass is 35.5.